The van der Waals surface area contributed by atoms with Gasteiger partial charge >= 0.3 is 5.69 Å². The lowest BCUT2D eigenvalue weighted by molar-refractivity contribution is -0.388. The molecule has 1 aromatic rings. The number of nitro groups is 1. The van der Waals surface area contributed by atoms with Gasteiger partial charge in [0.1, 0.15) is 0 Å². The fourth-order valence-corrected chi connectivity index (χ4v) is 2.55. The fourth-order valence-electron chi connectivity index (χ4n) is 1.38. The fraction of sp³-hybridized carbons (Fsp3) is 0.500. The van der Waals surface area contributed by atoms with E-state index in [0.29, 0.717) is 6.42 Å². The number of sulfonamides is 1. The first-order chi connectivity index (χ1) is 8.49. The Bertz CT molecular complexity index is 516. The Balaban J connectivity index is 2.88. The van der Waals surface area contributed by atoms with E-state index in [1.165, 1.54) is 12.3 Å². The highest BCUT2D eigenvalue weighted by Gasteiger charge is 2.26. The Morgan fingerprint density at radius 2 is 2.17 bits per heavy atom. The van der Waals surface area contributed by atoms with Gasteiger partial charge in [0.05, 0.1) is 4.92 Å². The second-order valence-corrected chi connectivity index (χ2v) is 5.37. The highest BCUT2D eigenvalue weighted by atomic mass is 32.2. The zero-order valence-corrected chi connectivity index (χ0v) is 10.8. The lowest BCUT2D eigenvalue weighted by atomic mass is 10.3. The molecule has 0 atom stereocenters. The van der Waals surface area contributed by atoms with Gasteiger partial charge in [0.2, 0.25) is 5.03 Å². The van der Waals surface area contributed by atoms with E-state index in [1.807, 2.05) is 6.92 Å². The summed E-state index contributed by atoms with van der Waals surface area (Å²) in [5.41, 5.74) is -0.513. The van der Waals surface area contributed by atoms with Gasteiger partial charge in [-0.2, -0.15) is 0 Å². The van der Waals surface area contributed by atoms with Crippen LogP contribution in [0.5, 0.6) is 0 Å². The van der Waals surface area contributed by atoms with Crippen molar-refractivity contribution in [2.75, 3.05) is 6.54 Å². The van der Waals surface area contributed by atoms with Crippen LogP contribution in [0, 0.1) is 10.1 Å². The molecule has 0 unspecified atom stereocenters. The predicted molar refractivity (Wildman–Crippen MR) is 65.6 cm³/mol. The average molecular weight is 273 g/mol. The zero-order chi connectivity index (χ0) is 13.6. The number of pyridine rings is 1. The highest BCUT2D eigenvalue weighted by molar-refractivity contribution is 7.89. The largest absolute Gasteiger partial charge is 0.308 e. The quantitative estimate of drug-likeness (QED) is 0.460. The predicted octanol–water partition coefficient (Wildman–Crippen LogP) is 1.46. The van der Waals surface area contributed by atoms with Gasteiger partial charge in [-0.15, -0.1) is 0 Å². The van der Waals surface area contributed by atoms with Gasteiger partial charge in [-0.05, 0) is 12.5 Å². The van der Waals surface area contributed by atoms with Crippen molar-refractivity contribution in [3.05, 3.63) is 28.4 Å². The van der Waals surface area contributed by atoms with Gasteiger partial charge in [-0.25, -0.2) is 18.1 Å². The molecule has 7 nitrogen and oxygen atoms in total. The molecule has 1 aromatic heterocycles. The molecule has 0 aliphatic carbocycles. The third kappa shape index (κ3) is 3.74. The van der Waals surface area contributed by atoms with Crippen LogP contribution in [0.25, 0.3) is 0 Å². The van der Waals surface area contributed by atoms with Crippen molar-refractivity contribution in [1.29, 1.82) is 0 Å². The van der Waals surface area contributed by atoms with Crippen LogP contribution in [0.3, 0.4) is 0 Å². The Hall–Kier alpha value is -1.54. The summed E-state index contributed by atoms with van der Waals surface area (Å²) in [6, 6.07) is 2.45. The molecule has 0 fully saturated rings. The molecule has 100 valence electrons. The van der Waals surface area contributed by atoms with E-state index in [0.717, 1.165) is 18.9 Å². The molecule has 0 saturated carbocycles. The van der Waals surface area contributed by atoms with Crippen LogP contribution >= 0.6 is 0 Å². The van der Waals surface area contributed by atoms with Crippen LogP contribution in [-0.2, 0) is 10.0 Å². The van der Waals surface area contributed by atoms with E-state index in [-0.39, 0.29) is 6.54 Å². The van der Waals surface area contributed by atoms with Crippen LogP contribution < -0.4 is 4.72 Å². The lowest BCUT2D eigenvalue weighted by Gasteiger charge is -2.05. The molecule has 18 heavy (non-hydrogen) atoms. The number of nitrogens with one attached hydrogen (secondary N) is 1. The molecule has 0 amide bonds. The summed E-state index contributed by atoms with van der Waals surface area (Å²) in [6.45, 7) is 2.25. The monoisotopic (exact) mass is 273 g/mol. The number of hydrogen-bond acceptors (Lipinski definition) is 5. The molecular formula is C10H15N3O4S. The van der Waals surface area contributed by atoms with Gasteiger partial charge in [0.15, 0.2) is 0 Å². The standard InChI is InChI=1S/C10H15N3O4S/c1-2-3-4-8-12-18(16,17)10-9(13(14)15)6-5-7-11-10/h5-7,12H,2-4,8H2,1H3. The molecule has 1 N–H and O–H groups in total. The maximum absolute atomic E-state index is 11.8. The zero-order valence-electron chi connectivity index (χ0n) is 10.00. The first-order valence-corrected chi connectivity index (χ1v) is 7.06. The van der Waals surface area contributed by atoms with Crippen molar-refractivity contribution >= 4 is 15.7 Å². The van der Waals surface area contributed by atoms with Crippen LogP contribution in [0.4, 0.5) is 5.69 Å². The number of nitrogens with zero attached hydrogens (tertiary/aromatic N) is 2. The van der Waals surface area contributed by atoms with Crippen molar-refractivity contribution in [3.8, 4) is 0 Å². The van der Waals surface area contributed by atoms with Crippen LogP contribution in [0.1, 0.15) is 26.2 Å². The summed E-state index contributed by atoms with van der Waals surface area (Å²) in [7, 11) is -3.92. The molecule has 0 saturated heterocycles. The minimum atomic E-state index is -3.92. The molecule has 0 aliphatic heterocycles. The SMILES string of the molecule is CCCCCNS(=O)(=O)c1ncccc1[N+](=O)[O-]. The maximum atomic E-state index is 11.8. The van der Waals surface area contributed by atoms with E-state index in [4.69, 9.17) is 0 Å². The van der Waals surface area contributed by atoms with E-state index < -0.39 is 25.7 Å². The maximum Gasteiger partial charge on any atom is 0.308 e. The smallest absolute Gasteiger partial charge is 0.258 e. The van der Waals surface area contributed by atoms with Gasteiger partial charge in [0, 0.05) is 18.8 Å². The van der Waals surface area contributed by atoms with Crippen LogP contribution in [0.15, 0.2) is 23.4 Å². The molecule has 1 heterocycles. The second kappa shape index (κ2) is 6.41. The highest BCUT2D eigenvalue weighted by Crippen LogP contribution is 2.19. The summed E-state index contributed by atoms with van der Waals surface area (Å²) in [5, 5.41) is 10.2. The van der Waals surface area contributed by atoms with E-state index >= 15 is 0 Å². The summed E-state index contributed by atoms with van der Waals surface area (Å²) < 4.78 is 26.0. The van der Waals surface area contributed by atoms with Crippen molar-refractivity contribution in [3.63, 3.8) is 0 Å². The first kappa shape index (κ1) is 14.5. The third-order valence-electron chi connectivity index (χ3n) is 2.27. The summed E-state index contributed by atoms with van der Waals surface area (Å²) in [4.78, 5) is 13.5. The molecule has 0 spiro atoms. The van der Waals surface area contributed by atoms with E-state index in [1.54, 1.807) is 0 Å². The van der Waals surface area contributed by atoms with Crippen molar-refractivity contribution in [2.24, 2.45) is 0 Å². The Morgan fingerprint density at radius 1 is 1.44 bits per heavy atom. The molecular weight excluding hydrogens is 258 g/mol. The van der Waals surface area contributed by atoms with Gasteiger partial charge < -0.3 is 0 Å². The number of rotatable bonds is 7. The minimum absolute atomic E-state index is 0.254. The minimum Gasteiger partial charge on any atom is -0.258 e. The molecule has 0 aliphatic rings. The molecule has 0 bridgehead atoms. The number of unbranched alkanes of at least 4 members (excludes halogenated alkanes) is 2. The van der Waals surface area contributed by atoms with Crippen molar-refractivity contribution in [2.45, 2.75) is 31.2 Å². The van der Waals surface area contributed by atoms with Gasteiger partial charge in [-0.1, -0.05) is 19.8 Å². The van der Waals surface area contributed by atoms with Crippen molar-refractivity contribution in [1.82, 2.24) is 9.71 Å². The van der Waals surface area contributed by atoms with Gasteiger partial charge in [0.25, 0.3) is 10.0 Å². The van der Waals surface area contributed by atoms with Gasteiger partial charge in [-0.3, -0.25) is 10.1 Å². The molecule has 1 rings (SSSR count). The normalized spacial score (nSPS) is 11.4. The van der Waals surface area contributed by atoms with E-state index in [2.05, 4.69) is 9.71 Å². The van der Waals surface area contributed by atoms with Crippen molar-refractivity contribution < 1.29 is 13.3 Å². The van der Waals surface area contributed by atoms with Crippen LogP contribution in [0.2, 0.25) is 0 Å². The second-order valence-electron chi connectivity index (χ2n) is 3.69. The molecule has 0 radical (unpaired) electrons. The van der Waals surface area contributed by atoms with Crippen LogP contribution in [-0.4, -0.2) is 24.9 Å². The van der Waals surface area contributed by atoms with E-state index in [9.17, 15) is 18.5 Å². The summed E-state index contributed by atoms with van der Waals surface area (Å²) in [5.74, 6) is 0. The summed E-state index contributed by atoms with van der Waals surface area (Å²) in [6.07, 6.45) is 3.77. The number of hydrogen-bond donors (Lipinski definition) is 1. The lowest BCUT2D eigenvalue weighted by Crippen LogP contribution is -2.26. The third-order valence-corrected chi connectivity index (χ3v) is 3.68. The first-order valence-electron chi connectivity index (χ1n) is 5.58. The Morgan fingerprint density at radius 3 is 2.78 bits per heavy atom. The molecule has 8 heteroatoms. The summed E-state index contributed by atoms with van der Waals surface area (Å²) >= 11 is 0. The average Bonchev–Trinajstić information content (AvgIpc) is 2.35. The Labute approximate surface area is 105 Å². The Kier molecular flexibility index (Phi) is 5.17. The topological polar surface area (TPSA) is 102 Å². The molecule has 0 aromatic carbocycles. The number of aromatic nitrogens is 1.